The first-order valence-corrected chi connectivity index (χ1v) is 8.09. The van der Waals surface area contributed by atoms with Crippen molar-refractivity contribution in [3.8, 4) is 11.5 Å². The van der Waals surface area contributed by atoms with E-state index in [9.17, 15) is 24.3 Å². The van der Waals surface area contributed by atoms with Crippen molar-refractivity contribution in [2.75, 3.05) is 0 Å². The number of ether oxygens (including phenoxy) is 3. The summed E-state index contributed by atoms with van der Waals surface area (Å²) in [6.45, 7) is 7.33. The minimum atomic E-state index is -1.27. The van der Waals surface area contributed by atoms with Gasteiger partial charge in [0.2, 0.25) is 0 Å². The van der Waals surface area contributed by atoms with E-state index in [1.54, 1.807) is 20.8 Å². The second-order valence-corrected chi connectivity index (χ2v) is 6.71. The Morgan fingerprint density at radius 1 is 1.04 bits per heavy atom. The quantitative estimate of drug-likeness (QED) is 0.566. The van der Waals surface area contributed by atoms with Gasteiger partial charge in [-0.2, -0.15) is 0 Å². The second kappa shape index (κ2) is 9.02. The number of rotatable bonds is 6. The number of carboxylic acids is 1. The fourth-order valence-corrected chi connectivity index (χ4v) is 2.04. The van der Waals surface area contributed by atoms with E-state index >= 15 is 0 Å². The Balaban J connectivity index is 3.01. The fourth-order valence-electron chi connectivity index (χ4n) is 2.04. The zero-order chi connectivity index (χ0) is 20.8. The van der Waals surface area contributed by atoms with Gasteiger partial charge in [-0.1, -0.05) is 6.07 Å². The number of aliphatic carboxylic acids is 1. The Morgan fingerprint density at radius 2 is 1.59 bits per heavy atom. The molecule has 9 nitrogen and oxygen atoms in total. The van der Waals surface area contributed by atoms with Crippen molar-refractivity contribution in [1.29, 1.82) is 0 Å². The number of esters is 2. The lowest BCUT2D eigenvalue weighted by Crippen LogP contribution is -2.44. The van der Waals surface area contributed by atoms with E-state index in [2.05, 4.69) is 5.32 Å². The van der Waals surface area contributed by atoms with Crippen LogP contribution in [0.4, 0.5) is 4.79 Å². The van der Waals surface area contributed by atoms with Crippen LogP contribution in [-0.2, 0) is 25.5 Å². The number of carbonyl (C=O) groups is 4. The van der Waals surface area contributed by atoms with E-state index < -0.39 is 35.6 Å². The molecule has 1 atom stereocenters. The lowest BCUT2D eigenvalue weighted by molar-refractivity contribution is -0.139. The number of carbonyl (C=O) groups excluding carboxylic acids is 3. The predicted molar refractivity (Wildman–Crippen MR) is 93.6 cm³/mol. The minimum Gasteiger partial charge on any atom is -0.480 e. The molecular weight excluding hydrogens is 358 g/mol. The van der Waals surface area contributed by atoms with Gasteiger partial charge in [0.1, 0.15) is 11.6 Å². The number of nitrogens with one attached hydrogen (secondary N) is 1. The molecule has 0 heterocycles. The first-order chi connectivity index (χ1) is 12.4. The number of amides is 1. The van der Waals surface area contributed by atoms with E-state index in [0.29, 0.717) is 5.56 Å². The van der Waals surface area contributed by atoms with E-state index in [-0.39, 0.29) is 17.9 Å². The van der Waals surface area contributed by atoms with Gasteiger partial charge in [-0.3, -0.25) is 9.59 Å². The Hall–Kier alpha value is -3.10. The molecule has 0 aliphatic rings. The van der Waals surface area contributed by atoms with E-state index in [1.165, 1.54) is 32.0 Å². The van der Waals surface area contributed by atoms with E-state index in [4.69, 9.17) is 14.2 Å². The maximum Gasteiger partial charge on any atom is 0.408 e. The zero-order valence-electron chi connectivity index (χ0n) is 15.8. The highest BCUT2D eigenvalue weighted by Gasteiger charge is 2.25. The lowest BCUT2D eigenvalue weighted by Gasteiger charge is -2.22. The van der Waals surface area contributed by atoms with Crippen LogP contribution < -0.4 is 14.8 Å². The van der Waals surface area contributed by atoms with Crippen molar-refractivity contribution >= 4 is 24.0 Å². The average Bonchev–Trinajstić information content (AvgIpc) is 2.46. The smallest absolute Gasteiger partial charge is 0.408 e. The normalized spacial score (nSPS) is 11.9. The molecular formula is C18H23NO8. The molecule has 27 heavy (non-hydrogen) atoms. The fraction of sp³-hybridized carbons (Fsp3) is 0.444. The van der Waals surface area contributed by atoms with Crippen LogP contribution in [0.15, 0.2) is 18.2 Å². The van der Waals surface area contributed by atoms with Crippen LogP contribution in [-0.4, -0.2) is 40.8 Å². The van der Waals surface area contributed by atoms with Crippen molar-refractivity contribution < 1.29 is 38.5 Å². The molecule has 0 fully saturated rings. The maximum absolute atomic E-state index is 11.8. The zero-order valence-corrected chi connectivity index (χ0v) is 15.8. The SMILES string of the molecule is CC(=O)Oc1ccc(CC(NC(=O)OC(C)(C)C)C(=O)O)cc1OC(C)=O. The van der Waals surface area contributed by atoms with Crippen LogP contribution in [0.3, 0.4) is 0 Å². The summed E-state index contributed by atoms with van der Waals surface area (Å²) < 4.78 is 15.0. The lowest BCUT2D eigenvalue weighted by atomic mass is 10.1. The minimum absolute atomic E-state index is 0.0217. The van der Waals surface area contributed by atoms with E-state index in [0.717, 1.165) is 0 Å². The molecule has 1 unspecified atom stereocenters. The molecule has 2 N–H and O–H groups in total. The van der Waals surface area contributed by atoms with Crippen LogP contribution in [0.25, 0.3) is 0 Å². The standard InChI is InChI=1S/C18H23NO8/c1-10(20)25-14-7-6-12(9-15(14)26-11(2)21)8-13(16(22)23)19-17(24)27-18(3,4)5/h6-7,9,13H,8H2,1-5H3,(H,19,24)(H,22,23). The number of hydrogen-bond acceptors (Lipinski definition) is 7. The molecule has 1 rings (SSSR count). The van der Waals surface area contributed by atoms with Gasteiger partial charge in [0, 0.05) is 20.3 Å². The highest BCUT2D eigenvalue weighted by Crippen LogP contribution is 2.29. The third-order valence-electron chi connectivity index (χ3n) is 2.94. The van der Waals surface area contributed by atoms with Gasteiger partial charge in [-0.25, -0.2) is 9.59 Å². The molecule has 0 saturated heterocycles. The number of alkyl carbamates (subject to hydrolysis) is 1. The summed E-state index contributed by atoms with van der Waals surface area (Å²) in [5, 5.41) is 11.6. The maximum atomic E-state index is 11.8. The van der Waals surface area contributed by atoms with Crippen molar-refractivity contribution in [2.24, 2.45) is 0 Å². The molecule has 0 saturated carbocycles. The molecule has 0 bridgehead atoms. The monoisotopic (exact) mass is 381 g/mol. The number of hydrogen-bond donors (Lipinski definition) is 2. The Morgan fingerprint density at radius 3 is 2.07 bits per heavy atom. The van der Waals surface area contributed by atoms with Crippen LogP contribution >= 0.6 is 0 Å². The first-order valence-electron chi connectivity index (χ1n) is 8.09. The third-order valence-corrected chi connectivity index (χ3v) is 2.94. The van der Waals surface area contributed by atoms with Gasteiger partial charge in [0.05, 0.1) is 0 Å². The predicted octanol–water partition coefficient (Wildman–Crippen LogP) is 2.06. The molecule has 0 spiro atoms. The van der Waals surface area contributed by atoms with Crippen molar-refractivity contribution in [1.82, 2.24) is 5.32 Å². The summed E-state index contributed by atoms with van der Waals surface area (Å²) in [5.41, 5.74) is -0.341. The summed E-state index contributed by atoms with van der Waals surface area (Å²) in [6, 6.07) is 2.97. The van der Waals surface area contributed by atoms with Gasteiger partial charge < -0.3 is 24.6 Å². The largest absolute Gasteiger partial charge is 0.480 e. The summed E-state index contributed by atoms with van der Waals surface area (Å²) in [5.74, 6) is -2.52. The second-order valence-electron chi connectivity index (χ2n) is 6.71. The Labute approximate surface area is 156 Å². The van der Waals surface area contributed by atoms with Gasteiger partial charge >= 0.3 is 24.0 Å². The van der Waals surface area contributed by atoms with Gasteiger partial charge in [-0.05, 0) is 38.5 Å². The molecule has 0 aromatic heterocycles. The Bertz CT molecular complexity index is 735. The molecule has 1 amide bonds. The molecule has 0 aliphatic heterocycles. The summed E-state index contributed by atoms with van der Waals surface area (Å²) >= 11 is 0. The van der Waals surface area contributed by atoms with Crippen molar-refractivity contribution in [3.63, 3.8) is 0 Å². The highest BCUT2D eigenvalue weighted by molar-refractivity contribution is 5.80. The third kappa shape index (κ3) is 8.21. The van der Waals surface area contributed by atoms with Gasteiger partial charge in [-0.15, -0.1) is 0 Å². The van der Waals surface area contributed by atoms with Crippen LogP contribution in [0.1, 0.15) is 40.2 Å². The average molecular weight is 381 g/mol. The molecule has 0 radical (unpaired) electrons. The summed E-state index contributed by atoms with van der Waals surface area (Å²) in [4.78, 5) is 45.7. The topological polar surface area (TPSA) is 128 Å². The van der Waals surface area contributed by atoms with Gasteiger partial charge in [0.25, 0.3) is 0 Å². The van der Waals surface area contributed by atoms with Crippen LogP contribution in [0, 0.1) is 0 Å². The first kappa shape index (κ1) is 21.9. The van der Waals surface area contributed by atoms with E-state index in [1.807, 2.05) is 0 Å². The molecule has 9 heteroatoms. The Kier molecular flexibility index (Phi) is 7.33. The number of carboxylic acid groups (broad SMARTS) is 1. The highest BCUT2D eigenvalue weighted by atomic mass is 16.6. The van der Waals surface area contributed by atoms with Gasteiger partial charge in [0.15, 0.2) is 11.5 Å². The summed E-state index contributed by atoms with van der Waals surface area (Å²) in [6.07, 6.45) is -0.977. The van der Waals surface area contributed by atoms with Crippen molar-refractivity contribution in [3.05, 3.63) is 23.8 Å². The van der Waals surface area contributed by atoms with Crippen molar-refractivity contribution in [2.45, 2.75) is 52.7 Å². The molecule has 148 valence electrons. The summed E-state index contributed by atoms with van der Waals surface area (Å²) in [7, 11) is 0. The number of benzene rings is 1. The van der Waals surface area contributed by atoms with Crippen LogP contribution in [0.5, 0.6) is 11.5 Å². The van der Waals surface area contributed by atoms with Crippen LogP contribution in [0.2, 0.25) is 0 Å². The molecule has 1 aromatic carbocycles. The molecule has 0 aliphatic carbocycles. The molecule has 1 aromatic rings.